The Bertz CT molecular complexity index is 1480. The summed E-state index contributed by atoms with van der Waals surface area (Å²) in [7, 11) is -4.01. The summed E-state index contributed by atoms with van der Waals surface area (Å²) >= 11 is 0. The maximum Gasteiger partial charge on any atom is 0.270 e. The molecule has 2 heterocycles. The molecule has 1 fully saturated rings. The molecule has 1 unspecified atom stereocenters. The number of ketones is 1. The molecule has 4 rings (SSSR count). The van der Waals surface area contributed by atoms with Crippen LogP contribution in [0.1, 0.15) is 43.6 Å². The van der Waals surface area contributed by atoms with Gasteiger partial charge in [0.2, 0.25) is 15.9 Å². The first-order valence-corrected chi connectivity index (χ1v) is 14.2. The number of sulfonamides is 1. The molecule has 0 radical (unpaired) electrons. The third kappa shape index (κ3) is 6.85. The van der Waals surface area contributed by atoms with E-state index < -0.39 is 52.1 Å². The van der Waals surface area contributed by atoms with E-state index >= 15 is 0 Å². The molecule has 0 spiro atoms. The summed E-state index contributed by atoms with van der Waals surface area (Å²) < 4.78 is 40.3. The van der Waals surface area contributed by atoms with Crippen molar-refractivity contribution in [3.63, 3.8) is 0 Å². The first-order valence-electron chi connectivity index (χ1n) is 12.8. The summed E-state index contributed by atoms with van der Waals surface area (Å²) in [5.74, 6) is -2.00. The molecule has 1 aromatic heterocycles. The molecule has 2 amide bonds. The number of fused-ring (bicyclic) bond motifs is 1. The van der Waals surface area contributed by atoms with Gasteiger partial charge in [0.25, 0.3) is 5.91 Å². The Hall–Kier alpha value is -3.70. The molecule has 3 aromatic rings. The Morgan fingerprint density at radius 2 is 1.79 bits per heavy atom. The number of aromatic nitrogens is 1. The fourth-order valence-corrected chi connectivity index (χ4v) is 5.95. The predicted octanol–water partition coefficient (Wildman–Crippen LogP) is 3.06. The molecule has 2 aromatic carbocycles. The number of nitrogens with zero attached hydrogens (tertiary/aromatic N) is 2. The van der Waals surface area contributed by atoms with Gasteiger partial charge < -0.3 is 10.6 Å². The summed E-state index contributed by atoms with van der Waals surface area (Å²) in [6, 6.07) is 13.3. The molecule has 11 heteroatoms. The summed E-state index contributed by atoms with van der Waals surface area (Å²) in [5, 5.41) is 6.35. The SMILES string of the molecule is CC(C)CC(NC(=O)c1ccc2ccccc2n1)C(=O)N[C@H]1CCCN(S(=O)(=O)c2ccc(F)cc2)CC1=O. The second-order valence-electron chi connectivity index (χ2n) is 10.0. The van der Waals surface area contributed by atoms with Gasteiger partial charge in [-0.2, -0.15) is 4.31 Å². The van der Waals surface area contributed by atoms with Crippen LogP contribution < -0.4 is 10.6 Å². The van der Waals surface area contributed by atoms with E-state index in [4.69, 9.17) is 0 Å². The molecule has 2 atom stereocenters. The van der Waals surface area contributed by atoms with Gasteiger partial charge >= 0.3 is 0 Å². The molecule has 39 heavy (non-hydrogen) atoms. The molecule has 1 aliphatic heterocycles. The van der Waals surface area contributed by atoms with E-state index in [-0.39, 0.29) is 29.5 Å². The average Bonchev–Trinajstić information content (AvgIpc) is 3.09. The number of carbonyl (C=O) groups is 3. The lowest BCUT2D eigenvalue weighted by molar-refractivity contribution is -0.129. The number of halogens is 1. The number of hydrogen-bond donors (Lipinski definition) is 2. The first kappa shape index (κ1) is 28.3. The van der Waals surface area contributed by atoms with Crippen LogP contribution in [0.25, 0.3) is 10.9 Å². The fraction of sp³-hybridized carbons (Fsp3) is 0.357. The van der Waals surface area contributed by atoms with Crippen LogP contribution in [0.3, 0.4) is 0 Å². The van der Waals surface area contributed by atoms with Crippen LogP contribution in [0.15, 0.2) is 65.6 Å². The Labute approximate surface area is 226 Å². The van der Waals surface area contributed by atoms with Crippen LogP contribution in [-0.2, 0) is 19.6 Å². The molecule has 206 valence electrons. The van der Waals surface area contributed by atoms with Gasteiger partial charge in [-0.25, -0.2) is 17.8 Å². The monoisotopic (exact) mass is 554 g/mol. The van der Waals surface area contributed by atoms with E-state index in [2.05, 4.69) is 15.6 Å². The zero-order chi connectivity index (χ0) is 28.2. The third-order valence-electron chi connectivity index (χ3n) is 6.55. The van der Waals surface area contributed by atoms with Crippen molar-refractivity contribution in [3.8, 4) is 0 Å². The minimum Gasteiger partial charge on any atom is -0.344 e. The van der Waals surface area contributed by atoms with Gasteiger partial charge in [0.1, 0.15) is 17.6 Å². The lowest BCUT2D eigenvalue weighted by Gasteiger charge is -2.23. The van der Waals surface area contributed by atoms with E-state index in [9.17, 15) is 27.2 Å². The van der Waals surface area contributed by atoms with Crippen molar-refractivity contribution in [1.82, 2.24) is 19.9 Å². The molecular formula is C28H31FN4O5S. The minimum atomic E-state index is -4.01. The van der Waals surface area contributed by atoms with Gasteiger partial charge in [-0.15, -0.1) is 0 Å². The molecule has 1 saturated heterocycles. The van der Waals surface area contributed by atoms with Crippen molar-refractivity contribution in [2.75, 3.05) is 13.1 Å². The lowest BCUT2D eigenvalue weighted by Crippen LogP contribution is -2.52. The Morgan fingerprint density at radius 3 is 2.51 bits per heavy atom. The summed E-state index contributed by atoms with van der Waals surface area (Å²) in [6.07, 6.45) is 0.908. The van der Waals surface area contributed by atoms with Gasteiger partial charge in [0, 0.05) is 11.9 Å². The van der Waals surface area contributed by atoms with E-state index in [1.807, 2.05) is 32.0 Å². The van der Waals surface area contributed by atoms with Crippen molar-refractivity contribution in [2.24, 2.45) is 5.92 Å². The Kier molecular flexibility index (Phi) is 8.71. The highest BCUT2D eigenvalue weighted by molar-refractivity contribution is 7.89. The molecular weight excluding hydrogens is 523 g/mol. The number of nitrogens with one attached hydrogen (secondary N) is 2. The van der Waals surface area contributed by atoms with Gasteiger partial charge in [-0.1, -0.05) is 38.1 Å². The van der Waals surface area contributed by atoms with Crippen molar-refractivity contribution < 1.29 is 27.2 Å². The van der Waals surface area contributed by atoms with Gasteiger partial charge in [0.15, 0.2) is 5.78 Å². The third-order valence-corrected chi connectivity index (χ3v) is 8.41. The Balaban J connectivity index is 1.44. The highest BCUT2D eigenvalue weighted by Crippen LogP contribution is 2.20. The number of rotatable bonds is 8. The molecule has 0 saturated carbocycles. The number of para-hydroxylation sites is 1. The zero-order valence-electron chi connectivity index (χ0n) is 21.8. The smallest absolute Gasteiger partial charge is 0.270 e. The van der Waals surface area contributed by atoms with Crippen LogP contribution in [-0.4, -0.2) is 60.5 Å². The van der Waals surface area contributed by atoms with Gasteiger partial charge in [-0.3, -0.25) is 14.4 Å². The first-order chi connectivity index (χ1) is 18.5. The number of Topliss-reactive ketones (excluding diaryl/α,β-unsaturated/α-hetero) is 1. The fourth-order valence-electron chi connectivity index (χ4n) is 4.51. The molecule has 0 aliphatic carbocycles. The molecule has 2 N–H and O–H groups in total. The van der Waals surface area contributed by atoms with Crippen LogP contribution >= 0.6 is 0 Å². The normalized spacial score (nSPS) is 17.5. The topological polar surface area (TPSA) is 126 Å². The van der Waals surface area contributed by atoms with Crippen LogP contribution in [0.2, 0.25) is 0 Å². The van der Waals surface area contributed by atoms with Crippen LogP contribution in [0.5, 0.6) is 0 Å². The summed E-state index contributed by atoms with van der Waals surface area (Å²) in [6.45, 7) is 3.48. The maximum absolute atomic E-state index is 13.3. The highest BCUT2D eigenvalue weighted by Gasteiger charge is 2.34. The van der Waals surface area contributed by atoms with Crippen molar-refractivity contribution in [1.29, 1.82) is 0 Å². The minimum absolute atomic E-state index is 0.0618. The highest BCUT2D eigenvalue weighted by atomic mass is 32.2. The number of benzene rings is 2. The second-order valence-corrected chi connectivity index (χ2v) is 11.9. The largest absolute Gasteiger partial charge is 0.344 e. The molecule has 9 nitrogen and oxygen atoms in total. The maximum atomic E-state index is 13.3. The quantitative estimate of drug-likeness (QED) is 0.441. The van der Waals surface area contributed by atoms with E-state index in [1.165, 1.54) is 0 Å². The number of hydrogen-bond acceptors (Lipinski definition) is 6. The molecule has 0 bridgehead atoms. The average molecular weight is 555 g/mol. The summed E-state index contributed by atoms with van der Waals surface area (Å²) in [5.41, 5.74) is 0.821. The van der Waals surface area contributed by atoms with Crippen molar-refractivity contribution >= 4 is 38.5 Å². The number of amides is 2. The number of carbonyl (C=O) groups excluding carboxylic acids is 3. The van der Waals surface area contributed by atoms with E-state index in [0.29, 0.717) is 18.4 Å². The summed E-state index contributed by atoms with van der Waals surface area (Å²) in [4.78, 5) is 43.5. The lowest BCUT2D eigenvalue weighted by atomic mass is 10.0. The van der Waals surface area contributed by atoms with E-state index in [1.54, 1.807) is 18.2 Å². The van der Waals surface area contributed by atoms with Crippen molar-refractivity contribution in [3.05, 3.63) is 72.2 Å². The van der Waals surface area contributed by atoms with Gasteiger partial charge in [-0.05, 0) is 61.6 Å². The number of pyridine rings is 1. The Morgan fingerprint density at radius 1 is 1.08 bits per heavy atom. The van der Waals surface area contributed by atoms with Gasteiger partial charge in [0.05, 0.1) is 23.0 Å². The van der Waals surface area contributed by atoms with Crippen LogP contribution in [0, 0.1) is 11.7 Å². The standard InChI is InChI=1S/C28H31FN4O5S/c1-18(2)16-25(32-27(35)24-14-9-19-6-3-4-7-22(19)30-24)28(36)31-23-8-5-15-33(17-26(23)34)39(37,38)21-12-10-20(29)11-13-21/h3-4,6-7,9-14,18,23,25H,5,8,15-17H2,1-2H3,(H,31,36)(H,32,35)/t23-,25?/m0/s1. The van der Waals surface area contributed by atoms with E-state index in [0.717, 1.165) is 34.0 Å². The van der Waals surface area contributed by atoms with Crippen molar-refractivity contribution in [2.45, 2.75) is 50.1 Å². The molecule has 1 aliphatic rings. The zero-order valence-corrected chi connectivity index (χ0v) is 22.6. The van der Waals surface area contributed by atoms with Crippen LogP contribution in [0.4, 0.5) is 4.39 Å². The second kappa shape index (κ2) is 12.0. The predicted molar refractivity (Wildman–Crippen MR) is 144 cm³/mol.